The van der Waals surface area contributed by atoms with Gasteiger partial charge in [-0.3, -0.25) is 9.58 Å². The van der Waals surface area contributed by atoms with Crippen molar-refractivity contribution >= 4 is 22.9 Å². The summed E-state index contributed by atoms with van der Waals surface area (Å²) < 4.78 is 34.6. The molecule has 4 heterocycles. The van der Waals surface area contributed by atoms with Crippen LogP contribution in [0.25, 0.3) is 16.9 Å². The van der Waals surface area contributed by atoms with Crippen molar-refractivity contribution in [1.82, 2.24) is 34.2 Å². The number of nitrogens with zero attached hydrogens (tertiary/aromatic N) is 7. The van der Waals surface area contributed by atoms with Crippen molar-refractivity contribution in [2.45, 2.75) is 19.7 Å². The van der Waals surface area contributed by atoms with Crippen molar-refractivity contribution in [1.29, 1.82) is 0 Å². The molecular weight excluding hydrogens is 514 g/mol. The van der Waals surface area contributed by atoms with E-state index in [0.29, 0.717) is 35.1 Å². The Bertz CT molecular complexity index is 1400. The Labute approximate surface area is 224 Å². The summed E-state index contributed by atoms with van der Waals surface area (Å²) in [4.78, 5) is 9.12. The highest BCUT2D eigenvalue weighted by Crippen LogP contribution is 2.37. The fourth-order valence-electron chi connectivity index (χ4n) is 4.36. The van der Waals surface area contributed by atoms with Gasteiger partial charge in [-0.05, 0) is 31.3 Å². The number of allylic oxidation sites excluding steroid dienone is 1. The molecule has 0 radical (unpaired) electrons. The Balaban J connectivity index is 1.38. The van der Waals surface area contributed by atoms with E-state index in [4.69, 9.17) is 21.4 Å². The molecule has 0 bridgehead atoms. The molecule has 0 spiro atoms. The molecule has 1 aliphatic rings. The third-order valence-corrected chi connectivity index (χ3v) is 6.65. The number of likely N-dealkylation sites (N-methyl/N-ethyl adjacent to an activating group) is 1. The van der Waals surface area contributed by atoms with Gasteiger partial charge in [0.05, 0.1) is 18.4 Å². The van der Waals surface area contributed by atoms with E-state index in [0.717, 1.165) is 43.9 Å². The number of hydrogen-bond acceptors (Lipinski definition) is 7. The van der Waals surface area contributed by atoms with Gasteiger partial charge in [0.1, 0.15) is 11.4 Å². The largest absolute Gasteiger partial charge is 0.434 e. The molecule has 5 rings (SSSR count). The lowest BCUT2D eigenvalue weighted by atomic mass is 10.1. The van der Waals surface area contributed by atoms with Crippen LogP contribution in [-0.4, -0.2) is 80.6 Å². The minimum Gasteiger partial charge on any atom is -0.434 e. The predicted molar refractivity (Wildman–Crippen MR) is 143 cm³/mol. The lowest BCUT2D eigenvalue weighted by Gasteiger charge is -2.31. The van der Waals surface area contributed by atoms with E-state index in [2.05, 4.69) is 44.4 Å². The normalized spacial score (nSPS) is 15.2. The fourth-order valence-corrected chi connectivity index (χ4v) is 4.53. The van der Waals surface area contributed by atoms with Crippen LogP contribution >= 0.6 is 11.6 Å². The molecule has 1 aliphatic heterocycles. The first kappa shape index (κ1) is 26.1. The van der Waals surface area contributed by atoms with Crippen LogP contribution in [0.1, 0.15) is 5.56 Å². The molecule has 4 aromatic rings. The number of anilines is 1. The van der Waals surface area contributed by atoms with Crippen molar-refractivity contribution < 1.29 is 13.5 Å². The van der Waals surface area contributed by atoms with Crippen LogP contribution in [0.15, 0.2) is 61.2 Å². The standard InChI is InChI=1S/C26H29ClF2N8O/c1-34-11-13-35(14-12-34)8-2-3-9-36-18-22(31-16-19-17-32-37-10-4-7-30-25(19)37)24(33-36)21-15-20(27)5-6-23(21)38-26(28)29/h2-7,10,15,17-18,26,31H,8-9,11-14,16H2,1H3/b3-2+. The van der Waals surface area contributed by atoms with Gasteiger partial charge in [0.25, 0.3) is 0 Å². The molecule has 0 atom stereocenters. The average molecular weight is 543 g/mol. The topological polar surface area (TPSA) is 75.8 Å². The molecule has 1 saturated heterocycles. The number of rotatable bonds is 10. The van der Waals surface area contributed by atoms with Gasteiger partial charge in [-0.1, -0.05) is 23.8 Å². The van der Waals surface area contributed by atoms with Crippen LogP contribution in [0, 0.1) is 0 Å². The molecule has 0 aliphatic carbocycles. The summed E-state index contributed by atoms with van der Waals surface area (Å²) in [5.41, 5.74) is 3.09. The molecule has 1 fully saturated rings. The number of halogens is 3. The molecule has 0 saturated carbocycles. The minimum absolute atomic E-state index is 0.000887. The Morgan fingerprint density at radius 3 is 2.79 bits per heavy atom. The molecule has 12 heteroatoms. The van der Waals surface area contributed by atoms with Crippen LogP contribution < -0.4 is 10.1 Å². The Kier molecular flexibility index (Phi) is 8.16. The maximum absolute atomic E-state index is 13.2. The van der Waals surface area contributed by atoms with Crippen LogP contribution in [0.3, 0.4) is 0 Å². The zero-order valence-electron chi connectivity index (χ0n) is 21.0. The lowest BCUT2D eigenvalue weighted by Crippen LogP contribution is -2.44. The zero-order chi connectivity index (χ0) is 26.5. The van der Waals surface area contributed by atoms with Crippen LogP contribution in [0.2, 0.25) is 5.02 Å². The molecule has 0 amide bonds. The Hall–Kier alpha value is -3.54. The third-order valence-electron chi connectivity index (χ3n) is 6.41. The van der Waals surface area contributed by atoms with E-state index >= 15 is 0 Å². The molecule has 9 nitrogen and oxygen atoms in total. The number of aromatic nitrogens is 5. The van der Waals surface area contributed by atoms with Gasteiger partial charge in [-0.2, -0.15) is 19.0 Å². The first-order chi connectivity index (χ1) is 18.5. The summed E-state index contributed by atoms with van der Waals surface area (Å²) in [6.07, 6.45) is 11.3. The first-order valence-electron chi connectivity index (χ1n) is 12.4. The van der Waals surface area contributed by atoms with E-state index in [1.165, 1.54) is 12.1 Å². The van der Waals surface area contributed by atoms with Crippen molar-refractivity contribution in [3.05, 3.63) is 71.8 Å². The predicted octanol–water partition coefficient (Wildman–Crippen LogP) is 4.26. The number of ether oxygens (including phenoxy) is 1. The summed E-state index contributed by atoms with van der Waals surface area (Å²) in [5, 5.41) is 12.8. The van der Waals surface area contributed by atoms with Gasteiger partial charge in [0, 0.05) is 74.0 Å². The number of hydrogen-bond donors (Lipinski definition) is 1. The SMILES string of the molecule is CN1CCN(C/C=C/Cn2cc(NCc3cnn4cccnc34)c(-c3cc(Cl)ccc3OC(F)F)n2)CC1. The number of benzene rings is 1. The fraction of sp³-hybridized carbons (Fsp3) is 0.346. The third kappa shape index (κ3) is 6.29. The van der Waals surface area contributed by atoms with Gasteiger partial charge in [-0.15, -0.1) is 0 Å². The maximum Gasteiger partial charge on any atom is 0.387 e. The summed E-state index contributed by atoms with van der Waals surface area (Å²) >= 11 is 6.24. The molecule has 1 N–H and O–H groups in total. The number of alkyl halides is 2. The highest BCUT2D eigenvalue weighted by Gasteiger charge is 2.19. The maximum atomic E-state index is 13.2. The molecule has 38 heavy (non-hydrogen) atoms. The molecule has 0 unspecified atom stereocenters. The van der Waals surface area contributed by atoms with Gasteiger partial charge in [0.15, 0.2) is 5.65 Å². The van der Waals surface area contributed by atoms with Crippen molar-refractivity contribution in [2.24, 2.45) is 0 Å². The smallest absolute Gasteiger partial charge is 0.387 e. The minimum atomic E-state index is -2.98. The molecule has 3 aromatic heterocycles. The van der Waals surface area contributed by atoms with Crippen molar-refractivity contribution in [3.8, 4) is 17.0 Å². The molecule has 200 valence electrons. The Morgan fingerprint density at radius 1 is 1.16 bits per heavy atom. The highest BCUT2D eigenvalue weighted by atomic mass is 35.5. The summed E-state index contributed by atoms with van der Waals surface area (Å²) in [6.45, 7) is 3.04. The number of nitrogens with one attached hydrogen (secondary N) is 1. The summed E-state index contributed by atoms with van der Waals surface area (Å²) in [5.74, 6) is 0.000887. The van der Waals surface area contributed by atoms with Crippen LogP contribution in [0.4, 0.5) is 14.5 Å². The quantitative estimate of drug-likeness (QED) is 0.300. The highest BCUT2D eigenvalue weighted by molar-refractivity contribution is 6.31. The van der Waals surface area contributed by atoms with Crippen LogP contribution in [-0.2, 0) is 13.1 Å². The second-order valence-corrected chi connectivity index (χ2v) is 9.56. The zero-order valence-corrected chi connectivity index (χ0v) is 21.7. The second kappa shape index (κ2) is 11.9. The van der Waals surface area contributed by atoms with E-state index in [-0.39, 0.29) is 5.75 Å². The first-order valence-corrected chi connectivity index (χ1v) is 12.7. The monoisotopic (exact) mass is 542 g/mol. The number of piperazine rings is 1. The van der Waals surface area contributed by atoms with E-state index in [9.17, 15) is 8.78 Å². The Morgan fingerprint density at radius 2 is 1.97 bits per heavy atom. The van der Waals surface area contributed by atoms with Gasteiger partial charge in [-0.25, -0.2) is 9.50 Å². The average Bonchev–Trinajstić information content (AvgIpc) is 3.51. The summed E-state index contributed by atoms with van der Waals surface area (Å²) in [6, 6.07) is 6.33. The van der Waals surface area contributed by atoms with Gasteiger partial charge in [0.2, 0.25) is 0 Å². The molecular formula is C26H29ClF2N8O. The lowest BCUT2D eigenvalue weighted by molar-refractivity contribution is -0.0494. The van der Waals surface area contributed by atoms with Gasteiger partial charge >= 0.3 is 6.61 Å². The van der Waals surface area contributed by atoms with Crippen molar-refractivity contribution in [2.75, 3.05) is 45.1 Å². The summed E-state index contributed by atoms with van der Waals surface area (Å²) in [7, 11) is 2.14. The number of fused-ring (bicyclic) bond motifs is 1. The van der Waals surface area contributed by atoms with Gasteiger partial charge < -0.3 is 15.0 Å². The van der Waals surface area contributed by atoms with E-state index < -0.39 is 6.61 Å². The van der Waals surface area contributed by atoms with Crippen molar-refractivity contribution in [3.63, 3.8) is 0 Å². The second-order valence-electron chi connectivity index (χ2n) is 9.12. The van der Waals surface area contributed by atoms with E-state index in [1.807, 2.05) is 12.4 Å². The van der Waals surface area contributed by atoms with E-state index in [1.54, 1.807) is 33.7 Å². The molecule has 1 aromatic carbocycles. The van der Waals surface area contributed by atoms with Crippen LogP contribution in [0.5, 0.6) is 5.75 Å².